The monoisotopic (exact) mass is 1050 g/mol. The van der Waals surface area contributed by atoms with E-state index in [1.54, 1.807) is 11.8 Å². The second-order valence-corrected chi connectivity index (χ2v) is 34.9. The van der Waals surface area contributed by atoms with Crippen LogP contribution in [0, 0.1) is 95.6 Å². The molecule has 0 aromatic heterocycles. The van der Waals surface area contributed by atoms with E-state index < -0.39 is 0 Å². The summed E-state index contributed by atoms with van der Waals surface area (Å²) in [7, 11) is 0. The average molecular weight is 1050 g/mol. The Hall–Kier alpha value is -1.30. The van der Waals surface area contributed by atoms with Gasteiger partial charge in [0.05, 0.1) is 0 Å². The zero-order valence-electron chi connectivity index (χ0n) is 56.1. The molecular weight excluding hydrogens is 917 g/mol. The molecule has 0 aliphatic heterocycles. The van der Waals surface area contributed by atoms with Crippen molar-refractivity contribution in [2.45, 2.75) is 293 Å². The van der Waals surface area contributed by atoms with Gasteiger partial charge in [0, 0.05) is 62.4 Å². The largest absolute Gasteiger partial charge is 0.299 e. The third-order valence-corrected chi connectivity index (χ3v) is 14.0. The molecule has 73 heavy (non-hydrogen) atoms. The summed E-state index contributed by atoms with van der Waals surface area (Å²) in [5, 5.41) is 0. The molecule has 0 aromatic rings. The molecule has 0 heterocycles. The van der Waals surface area contributed by atoms with E-state index in [1.165, 1.54) is 12.8 Å². The molecule has 0 aromatic carbocycles. The molecule has 0 radical (unpaired) electrons. The van der Waals surface area contributed by atoms with Crippen LogP contribution in [0.15, 0.2) is 0 Å². The Morgan fingerprint density at radius 2 is 0.685 bits per heavy atom. The summed E-state index contributed by atoms with van der Waals surface area (Å²) in [6.45, 7) is 72.0. The van der Waals surface area contributed by atoms with E-state index in [0.717, 1.165) is 50.7 Å². The summed E-state index contributed by atoms with van der Waals surface area (Å²) < 4.78 is 0. The van der Waals surface area contributed by atoms with Gasteiger partial charge in [-0.15, -0.1) is 0 Å². The minimum absolute atomic E-state index is 0.168. The van der Waals surface area contributed by atoms with Gasteiger partial charge in [-0.25, -0.2) is 0 Å². The molecule has 5 nitrogen and oxygen atoms in total. The first-order valence-electron chi connectivity index (χ1n) is 29.0. The number of thioether (sulfide) groups is 1. The van der Waals surface area contributed by atoms with E-state index >= 15 is 0 Å². The van der Waals surface area contributed by atoms with Gasteiger partial charge in [-0.3, -0.25) is 24.0 Å². The van der Waals surface area contributed by atoms with E-state index in [9.17, 15) is 24.0 Å². The summed E-state index contributed by atoms with van der Waals surface area (Å²) >= 11 is 1.77. The number of hydrogen-bond donors (Lipinski definition) is 0. The summed E-state index contributed by atoms with van der Waals surface area (Å²) in [4.78, 5) is 60.9. The van der Waals surface area contributed by atoms with Gasteiger partial charge >= 0.3 is 0 Å². The fourth-order valence-electron chi connectivity index (χ4n) is 9.55. The Kier molecular flexibility index (Phi) is 32.9. The summed E-state index contributed by atoms with van der Waals surface area (Å²) in [6, 6.07) is 0. The lowest BCUT2D eigenvalue weighted by Gasteiger charge is -2.33. The zero-order valence-corrected chi connectivity index (χ0v) is 56.9. The van der Waals surface area contributed by atoms with Crippen LogP contribution in [0.25, 0.3) is 0 Å². The quantitative estimate of drug-likeness (QED) is 0.153. The average Bonchev–Trinajstić information content (AvgIpc) is 3.99. The second kappa shape index (κ2) is 30.7. The van der Waals surface area contributed by atoms with Gasteiger partial charge in [0.25, 0.3) is 0 Å². The molecule has 0 N–H and O–H groups in total. The minimum Gasteiger partial charge on any atom is -0.299 e. The van der Waals surface area contributed by atoms with Gasteiger partial charge in [-0.1, -0.05) is 242 Å². The zero-order chi connectivity index (χ0) is 59.7. The molecule has 1 rings (SSSR count). The molecule has 0 unspecified atom stereocenters. The molecule has 1 aliphatic carbocycles. The fourth-order valence-corrected chi connectivity index (χ4v) is 10.2. The molecular formula is C67H132O5S. The van der Waals surface area contributed by atoms with Crippen molar-refractivity contribution in [1.82, 2.24) is 0 Å². The van der Waals surface area contributed by atoms with Crippen molar-refractivity contribution in [3.05, 3.63) is 0 Å². The standard InChI is InChI=1S/C15H30O.C14H26O.C13H26OS.C13H26O.C12H24O/c1-9-11(2)12(10-14(3,4)5)13(16)15(6,7)8;1-13(2,3)9-11(10-7-8-10)12(15)14(4,5)6;1-12(2,3)8-10(9-15-7)11(14)13(4,5)6;1-8-10(9-12(2,3)4)11(14)13(5,6)7;1-9(8-11(2,3)4)10(13)12(5,6)7/h11-12H,9-10H2,1-8H3;10-11H,7-9H2,1-6H3;10H,8-9H2,1-7H3;10H,8-9H2,1-7H3;9H,8H2,1-7H3/t11-,12-;11-;2*10-;9-/m00011/s1. The molecule has 0 amide bonds. The fraction of sp³-hybridized carbons (Fsp3) is 0.925. The van der Waals surface area contributed by atoms with Gasteiger partial charge in [0.1, 0.15) is 28.9 Å². The predicted octanol–water partition coefficient (Wildman–Crippen LogP) is 20.5. The lowest BCUT2D eigenvalue weighted by Crippen LogP contribution is -2.34. The third-order valence-electron chi connectivity index (χ3n) is 13.2. The maximum atomic E-state index is 12.4. The van der Waals surface area contributed by atoms with Crippen molar-refractivity contribution < 1.29 is 24.0 Å². The van der Waals surface area contributed by atoms with E-state index in [-0.39, 0.29) is 77.8 Å². The molecule has 0 spiro atoms. The SMILES string of the molecule is CC(C)(C)C[C@H](C(=O)C(C)(C)C)C1CC1.CC[C@H](C)[C@H](CC(C)(C)C)C(=O)C(C)(C)C.CC[C@H](CC(C)(C)C)C(=O)C(C)(C)C.CSC[C@H](CC(C)(C)C)C(=O)C(C)(C)C.C[C@H](CC(C)(C)C)C(=O)C(C)(C)C. The van der Waals surface area contributed by atoms with E-state index in [1.807, 2.05) is 111 Å². The minimum atomic E-state index is -0.209. The molecule has 0 saturated heterocycles. The smallest absolute Gasteiger partial charge is 0.142 e. The number of hydrogen-bond acceptors (Lipinski definition) is 6. The highest BCUT2D eigenvalue weighted by molar-refractivity contribution is 7.98. The second-order valence-electron chi connectivity index (χ2n) is 34.0. The van der Waals surface area contributed by atoms with Crippen molar-refractivity contribution >= 4 is 40.7 Å². The molecule has 6 atom stereocenters. The molecule has 6 heteroatoms. The number of rotatable bonds is 16. The van der Waals surface area contributed by atoms with Crippen molar-refractivity contribution in [2.24, 2.45) is 95.6 Å². The lowest BCUT2D eigenvalue weighted by atomic mass is 9.70. The van der Waals surface area contributed by atoms with E-state index in [4.69, 9.17) is 0 Å². The Morgan fingerprint density at radius 1 is 0.384 bits per heavy atom. The first-order chi connectivity index (χ1) is 31.8. The molecule has 0 bridgehead atoms. The molecule has 1 fully saturated rings. The van der Waals surface area contributed by atoms with Crippen molar-refractivity contribution in [1.29, 1.82) is 0 Å². The van der Waals surface area contributed by atoms with Crippen LogP contribution < -0.4 is 0 Å². The van der Waals surface area contributed by atoms with Crippen LogP contribution in [0.3, 0.4) is 0 Å². The van der Waals surface area contributed by atoms with E-state index in [2.05, 4.69) is 131 Å². The van der Waals surface area contributed by atoms with Gasteiger partial charge in [0.2, 0.25) is 0 Å². The van der Waals surface area contributed by atoms with Crippen molar-refractivity contribution in [3.8, 4) is 0 Å². The summed E-state index contributed by atoms with van der Waals surface area (Å²) in [5.74, 6) is 5.38. The van der Waals surface area contributed by atoms with Crippen LogP contribution in [-0.2, 0) is 24.0 Å². The maximum Gasteiger partial charge on any atom is 0.142 e. The van der Waals surface area contributed by atoms with Crippen LogP contribution in [0.2, 0.25) is 0 Å². The maximum absolute atomic E-state index is 12.4. The van der Waals surface area contributed by atoms with Crippen molar-refractivity contribution in [3.63, 3.8) is 0 Å². The summed E-state index contributed by atoms with van der Waals surface area (Å²) in [6.07, 6.45) is 11.7. The van der Waals surface area contributed by atoms with Gasteiger partial charge in [-0.2, -0.15) is 11.8 Å². The number of carbonyl (C=O) groups is 5. The first kappa shape index (κ1) is 78.2. The van der Waals surface area contributed by atoms with E-state index in [0.29, 0.717) is 46.7 Å². The molecule has 436 valence electrons. The van der Waals surface area contributed by atoms with Gasteiger partial charge in [0.15, 0.2) is 0 Å². The van der Waals surface area contributed by atoms with Crippen LogP contribution in [0.5, 0.6) is 0 Å². The van der Waals surface area contributed by atoms with Crippen LogP contribution in [-0.4, -0.2) is 40.9 Å². The van der Waals surface area contributed by atoms with Gasteiger partial charge in [-0.05, 0) is 96.5 Å². The Balaban J connectivity index is -0.000000408. The summed E-state index contributed by atoms with van der Waals surface area (Å²) in [5.41, 5.74) is 0.284. The highest BCUT2D eigenvalue weighted by atomic mass is 32.2. The topological polar surface area (TPSA) is 85.3 Å². The van der Waals surface area contributed by atoms with Gasteiger partial charge < -0.3 is 0 Å². The first-order valence-corrected chi connectivity index (χ1v) is 30.4. The predicted molar refractivity (Wildman–Crippen MR) is 327 cm³/mol. The highest BCUT2D eigenvalue weighted by Gasteiger charge is 2.42. The van der Waals surface area contributed by atoms with Crippen LogP contribution >= 0.6 is 11.8 Å². The number of carbonyl (C=O) groups excluding carboxylic acids is 5. The normalized spacial score (nSPS) is 16.7. The van der Waals surface area contributed by atoms with Crippen LogP contribution in [0.1, 0.15) is 293 Å². The van der Waals surface area contributed by atoms with Crippen LogP contribution in [0.4, 0.5) is 0 Å². The third kappa shape index (κ3) is 39.7. The number of ketones is 5. The van der Waals surface area contributed by atoms with Crippen molar-refractivity contribution in [2.75, 3.05) is 12.0 Å². The molecule has 1 aliphatic rings. The lowest BCUT2D eigenvalue weighted by molar-refractivity contribution is -0.133. The Labute approximate surface area is 463 Å². The number of Topliss-reactive ketones (excluding diaryl/α,β-unsaturated/α-hetero) is 5. The molecule has 1 saturated carbocycles. The highest BCUT2D eigenvalue weighted by Crippen LogP contribution is 2.45. The Bertz CT molecular complexity index is 1610. The Morgan fingerprint density at radius 3 is 0.932 bits per heavy atom.